The number of hydrogen-bond donors (Lipinski definition) is 2. The van der Waals surface area contributed by atoms with E-state index in [1.165, 1.54) is 0 Å². The van der Waals surface area contributed by atoms with E-state index in [9.17, 15) is 0 Å². The number of imidazole rings is 1. The van der Waals surface area contributed by atoms with Gasteiger partial charge in [0.2, 0.25) is 0 Å². The highest BCUT2D eigenvalue weighted by Crippen LogP contribution is 2.22. The lowest BCUT2D eigenvalue weighted by atomic mass is 10.2. The van der Waals surface area contributed by atoms with Gasteiger partial charge in [-0.05, 0) is 6.92 Å². The molecule has 0 aliphatic heterocycles. The first-order chi connectivity index (χ1) is 9.08. The highest BCUT2D eigenvalue weighted by Gasteiger charge is 2.11. The smallest absolute Gasteiger partial charge is 0.137 e. The van der Waals surface area contributed by atoms with Crippen molar-refractivity contribution in [1.29, 1.82) is 0 Å². The number of halogens is 1. The van der Waals surface area contributed by atoms with Crippen molar-refractivity contribution in [1.82, 2.24) is 19.9 Å². The molecule has 2 rings (SSSR count). The normalized spacial score (nSPS) is 11.0. The van der Waals surface area contributed by atoms with Crippen molar-refractivity contribution in [2.24, 2.45) is 0 Å². The molecule has 0 aliphatic carbocycles. The Morgan fingerprint density at radius 2 is 2.16 bits per heavy atom. The maximum Gasteiger partial charge on any atom is 0.137 e. The molecule has 0 fully saturated rings. The summed E-state index contributed by atoms with van der Waals surface area (Å²) in [5, 5.41) is 3.82. The monoisotopic (exact) mass is 279 g/mol. The van der Waals surface area contributed by atoms with E-state index in [2.05, 4.69) is 39.1 Å². The fourth-order valence-corrected chi connectivity index (χ4v) is 1.85. The van der Waals surface area contributed by atoms with Crippen molar-refractivity contribution >= 4 is 17.4 Å². The molecule has 0 unspecified atom stereocenters. The average molecular weight is 280 g/mol. The summed E-state index contributed by atoms with van der Waals surface area (Å²) in [6, 6.07) is 0. The minimum Gasteiger partial charge on any atom is -0.369 e. The molecule has 0 atom stereocenters. The first-order valence-corrected chi connectivity index (χ1v) is 6.71. The highest BCUT2D eigenvalue weighted by molar-refractivity contribution is 6.30. The van der Waals surface area contributed by atoms with Crippen LogP contribution in [0.1, 0.15) is 36.8 Å². The number of nitrogens with zero attached hydrogens (tertiary/aromatic N) is 3. The van der Waals surface area contributed by atoms with Crippen molar-refractivity contribution in [3.63, 3.8) is 0 Å². The van der Waals surface area contributed by atoms with Gasteiger partial charge in [0.25, 0.3) is 0 Å². The molecule has 2 N–H and O–H groups in total. The Hall–Kier alpha value is -1.62. The minimum atomic E-state index is 0.256. The van der Waals surface area contributed by atoms with Gasteiger partial charge in [0, 0.05) is 36.3 Å². The van der Waals surface area contributed by atoms with Crippen LogP contribution in [0.4, 0.5) is 5.82 Å². The van der Waals surface area contributed by atoms with Gasteiger partial charge in [0.1, 0.15) is 16.8 Å². The maximum absolute atomic E-state index is 6.13. The van der Waals surface area contributed by atoms with E-state index in [0.717, 1.165) is 35.9 Å². The zero-order valence-electron chi connectivity index (χ0n) is 11.4. The summed E-state index contributed by atoms with van der Waals surface area (Å²) in [7, 11) is 0. The largest absolute Gasteiger partial charge is 0.369 e. The number of aromatic nitrogens is 4. The van der Waals surface area contributed by atoms with Gasteiger partial charge >= 0.3 is 0 Å². The van der Waals surface area contributed by atoms with Crippen LogP contribution < -0.4 is 5.32 Å². The number of rotatable bonds is 5. The van der Waals surface area contributed by atoms with Crippen molar-refractivity contribution in [3.8, 4) is 0 Å². The van der Waals surface area contributed by atoms with Gasteiger partial charge in [-0.15, -0.1) is 0 Å². The molecule has 102 valence electrons. The van der Waals surface area contributed by atoms with E-state index in [-0.39, 0.29) is 5.92 Å². The molecule has 5 nitrogen and oxygen atoms in total. The summed E-state index contributed by atoms with van der Waals surface area (Å²) in [5.41, 5.74) is 1.98. The third kappa shape index (κ3) is 3.44. The second kappa shape index (κ2) is 6.02. The zero-order valence-corrected chi connectivity index (χ0v) is 12.1. The Balaban J connectivity index is 2.06. The SMILES string of the molecule is Cc1c(Cl)nc(C(C)C)nc1NCCc1cnc[nH]1. The number of anilines is 1. The summed E-state index contributed by atoms with van der Waals surface area (Å²) >= 11 is 6.13. The highest BCUT2D eigenvalue weighted by atomic mass is 35.5. The Morgan fingerprint density at radius 1 is 1.37 bits per heavy atom. The van der Waals surface area contributed by atoms with E-state index in [0.29, 0.717) is 5.15 Å². The molecule has 0 amide bonds. The molecule has 0 aliphatic rings. The van der Waals surface area contributed by atoms with Crippen LogP contribution in [0.3, 0.4) is 0 Å². The lowest BCUT2D eigenvalue weighted by Crippen LogP contribution is -2.11. The standard InChI is InChI=1S/C13H18ClN5/c1-8(2)12-18-11(14)9(3)13(19-12)16-5-4-10-6-15-7-17-10/h6-8H,4-5H2,1-3H3,(H,15,17)(H,16,18,19). The molecule has 0 saturated heterocycles. The van der Waals surface area contributed by atoms with Crippen molar-refractivity contribution in [2.45, 2.75) is 33.1 Å². The zero-order chi connectivity index (χ0) is 13.8. The van der Waals surface area contributed by atoms with Crippen LogP contribution in [-0.4, -0.2) is 26.5 Å². The number of H-pyrrole nitrogens is 1. The van der Waals surface area contributed by atoms with Crippen molar-refractivity contribution in [3.05, 3.63) is 34.8 Å². The molecule has 0 aromatic carbocycles. The second-order valence-corrected chi connectivity index (χ2v) is 5.11. The lowest BCUT2D eigenvalue weighted by molar-refractivity contribution is 0.771. The molecule has 0 saturated carbocycles. The third-order valence-electron chi connectivity index (χ3n) is 2.86. The lowest BCUT2D eigenvalue weighted by Gasteiger charge is -2.12. The Morgan fingerprint density at radius 3 is 2.79 bits per heavy atom. The molecule has 2 heterocycles. The second-order valence-electron chi connectivity index (χ2n) is 4.75. The van der Waals surface area contributed by atoms with Gasteiger partial charge in [-0.3, -0.25) is 0 Å². The van der Waals surface area contributed by atoms with E-state index < -0.39 is 0 Å². The first-order valence-electron chi connectivity index (χ1n) is 6.33. The van der Waals surface area contributed by atoms with Crippen LogP contribution in [-0.2, 0) is 6.42 Å². The average Bonchev–Trinajstić information content (AvgIpc) is 2.87. The van der Waals surface area contributed by atoms with E-state index >= 15 is 0 Å². The minimum absolute atomic E-state index is 0.256. The van der Waals surface area contributed by atoms with Crippen LogP contribution >= 0.6 is 11.6 Å². The first kappa shape index (κ1) is 13.8. The Bertz CT molecular complexity index is 536. The van der Waals surface area contributed by atoms with Crippen LogP contribution in [0.2, 0.25) is 5.15 Å². The number of hydrogen-bond acceptors (Lipinski definition) is 4. The van der Waals surface area contributed by atoms with E-state index in [1.54, 1.807) is 6.33 Å². The van der Waals surface area contributed by atoms with Crippen LogP contribution in [0.5, 0.6) is 0 Å². The molecule has 0 spiro atoms. The molecular formula is C13H18ClN5. The van der Waals surface area contributed by atoms with E-state index in [1.807, 2.05) is 13.1 Å². The number of aromatic amines is 1. The molecule has 0 radical (unpaired) electrons. The predicted octanol–water partition coefficient (Wildman–Crippen LogP) is 2.94. The Labute approximate surface area is 117 Å². The summed E-state index contributed by atoms with van der Waals surface area (Å²) in [5.74, 6) is 1.83. The van der Waals surface area contributed by atoms with Gasteiger partial charge < -0.3 is 10.3 Å². The molecule has 2 aromatic rings. The van der Waals surface area contributed by atoms with Gasteiger partial charge in [-0.1, -0.05) is 25.4 Å². The van der Waals surface area contributed by atoms with Gasteiger partial charge in [-0.25, -0.2) is 15.0 Å². The van der Waals surface area contributed by atoms with Crippen molar-refractivity contribution in [2.75, 3.05) is 11.9 Å². The fourth-order valence-electron chi connectivity index (χ4n) is 1.67. The molecule has 19 heavy (non-hydrogen) atoms. The predicted molar refractivity (Wildman–Crippen MR) is 76.6 cm³/mol. The molecule has 0 bridgehead atoms. The summed E-state index contributed by atoms with van der Waals surface area (Å²) in [4.78, 5) is 15.9. The molecule has 2 aromatic heterocycles. The van der Waals surface area contributed by atoms with Crippen LogP contribution in [0.25, 0.3) is 0 Å². The fraction of sp³-hybridized carbons (Fsp3) is 0.462. The van der Waals surface area contributed by atoms with Crippen LogP contribution in [0, 0.1) is 6.92 Å². The van der Waals surface area contributed by atoms with Gasteiger partial charge in [0.05, 0.1) is 6.33 Å². The van der Waals surface area contributed by atoms with Gasteiger partial charge in [0.15, 0.2) is 0 Å². The number of nitrogens with one attached hydrogen (secondary N) is 2. The Kier molecular flexibility index (Phi) is 4.37. The summed E-state index contributed by atoms with van der Waals surface area (Å²) < 4.78 is 0. The van der Waals surface area contributed by atoms with E-state index in [4.69, 9.17) is 11.6 Å². The molecule has 6 heteroatoms. The third-order valence-corrected chi connectivity index (χ3v) is 3.23. The maximum atomic E-state index is 6.13. The summed E-state index contributed by atoms with van der Waals surface area (Å²) in [6.45, 7) is 6.80. The van der Waals surface area contributed by atoms with Crippen LogP contribution in [0.15, 0.2) is 12.5 Å². The quantitative estimate of drug-likeness (QED) is 0.826. The summed E-state index contributed by atoms with van der Waals surface area (Å²) in [6.07, 6.45) is 4.36. The topological polar surface area (TPSA) is 66.5 Å². The molecular weight excluding hydrogens is 262 g/mol. The van der Waals surface area contributed by atoms with Crippen molar-refractivity contribution < 1.29 is 0 Å². The van der Waals surface area contributed by atoms with Gasteiger partial charge in [-0.2, -0.15) is 0 Å².